The van der Waals surface area contributed by atoms with Gasteiger partial charge in [-0.25, -0.2) is 4.39 Å². The van der Waals surface area contributed by atoms with E-state index in [4.69, 9.17) is 0 Å². The van der Waals surface area contributed by atoms with Crippen molar-refractivity contribution in [2.24, 2.45) is 0 Å². The zero-order chi connectivity index (χ0) is 21.5. The first-order chi connectivity index (χ1) is 15.0. The molecule has 152 valence electrons. The Morgan fingerprint density at radius 3 is 2.42 bits per heavy atom. The summed E-state index contributed by atoms with van der Waals surface area (Å²) in [5, 5.41) is 18.3. The minimum atomic E-state index is -1.30. The number of carboxylic acids is 1. The van der Waals surface area contributed by atoms with Gasteiger partial charge >= 0.3 is 0 Å². The lowest BCUT2D eigenvalue weighted by Gasteiger charge is -2.26. The van der Waals surface area contributed by atoms with Crippen molar-refractivity contribution in [2.45, 2.75) is 6.04 Å². The fourth-order valence-corrected chi connectivity index (χ4v) is 3.98. The summed E-state index contributed by atoms with van der Waals surface area (Å²) in [6.45, 7) is 0. The molecule has 5 rings (SSSR count). The Kier molecular flexibility index (Phi) is 4.36. The SMILES string of the molecule is O=C([O-])c1ccc(N2C(=O)c3[nH]nc(-c4ccccc4)c3[C@H]2c2cccc(F)c2)cc1. The zero-order valence-corrected chi connectivity index (χ0v) is 16.1. The number of hydrogen-bond acceptors (Lipinski definition) is 4. The Morgan fingerprint density at radius 1 is 1.00 bits per heavy atom. The first-order valence-corrected chi connectivity index (χ1v) is 9.58. The summed E-state index contributed by atoms with van der Waals surface area (Å²) < 4.78 is 14.1. The highest BCUT2D eigenvalue weighted by atomic mass is 19.1. The molecule has 6 nitrogen and oxygen atoms in total. The topological polar surface area (TPSA) is 89.1 Å². The molecule has 0 radical (unpaired) electrons. The third kappa shape index (κ3) is 3.07. The normalized spacial score (nSPS) is 15.2. The van der Waals surface area contributed by atoms with Gasteiger partial charge in [-0.05, 0) is 35.4 Å². The molecule has 1 aromatic heterocycles. The van der Waals surface area contributed by atoms with Gasteiger partial charge in [0.15, 0.2) is 0 Å². The van der Waals surface area contributed by atoms with Crippen LogP contribution in [0.25, 0.3) is 11.3 Å². The number of aromatic amines is 1. The average Bonchev–Trinajstić information content (AvgIpc) is 3.33. The number of halogens is 1. The summed E-state index contributed by atoms with van der Waals surface area (Å²) in [5.74, 6) is -2.06. The molecule has 0 saturated heterocycles. The van der Waals surface area contributed by atoms with Gasteiger partial charge in [0, 0.05) is 16.8 Å². The number of rotatable bonds is 4. The Hall–Kier alpha value is -4.26. The molecular weight excluding hydrogens is 397 g/mol. The average molecular weight is 412 g/mol. The molecule has 0 unspecified atom stereocenters. The Bertz CT molecular complexity index is 1300. The molecule has 1 aliphatic rings. The van der Waals surface area contributed by atoms with Crippen LogP contribution in [0.3, 0.4) is 0 Å². The highest BCUT2D eigenvalue weighted by molar-refractivity contribution is 6.11. The van der Waals surface area contributed by atoms with E-state index in [0.717, 1.165) is 5.56 Å². The van der Waals surface area contributed by atoms with Crippen LogP contribution in [0.15, 0.2) is 78.9 Å². The largest absolute Gasteiger partial charge is 0.545 e. The number of anilines is 1. The van der Waals surface area contributed by atoms with Crippen LogP contribution in [-0.4, -0.2) is 22.1 Å². The smallest absolute Gasteiger partial charge is 0.277 e. The van der Waals surface area contributed by atoms with E-state index in [1.54, 1.807) is 12.1 Å². The molecule has 0 saturated carbocycles. The second-order valence-electron chi connectivity index (χ2n) is 7.19. The molecule has 1 amide bonds. The lowest BCUT2D eigenvalue weighted by atomic mass is 9.95. The Balaban J connectivity index is 1.70. The minimum Gasteiger partial charge on any atom is -0.545 e. The second kappa shape index (κ2) is 7.21. The molecule has 2 heterocycles. The van der Waals surface area contributed by atoms with Gasteiger partial charge in [0.05, 0.1) is 17.7 Å². The van der Waals surface area contributed by atoms with Gasteiger partial charge in [-0.2, -0.15) is 5.10 Å². The number of carboxylic acid groups (broad SMARTS) is 1. The highest BCUT2D eigenvalue weighted by Crippen LogP contribution is 2.45. The van der Waals surface area contributed by atoms with Crippen molar-refractivity contribution in [3.05, 3.63) is 107 Å². The van der Waals surface area contributed by atoms with Gasteiger partial charge in [0.25, 0.3) is 5.91 Å². The molecule has 31 heavy (non-hydrogen) atoms. The number of hydrogen-bond donors (Lipinski definition) is 1. The molecule has 0 aliphatic carbocycles. The predicted octanol–water partition coefficient (Wildman–Crippen LogP) is 3.33. The number of carbonyl (C=O) groups is 2. The number of benzene rings is 3. The van der Waals surface area contributed by atoms with Crippen LogP contribution in [0.2, 0.25) is 0 Å². The highest BCUT2D eigenvalue weighted by Gasteiger charge is 2.43. The lowest BCUT2D eigenvalue weighted by Crippen LogP contribution is -2.29. The van der Waals surface area contributed by atoms with Crippen LogP contribution < -0.4 is 10.0 Å². The van der Waals surface area contributed by atoms with Gasteiger partial charge in [-0.3, -0.25) is 14.8 Å². The quantitative estimate of drug-likeness (QED) is 0.557. The van der Waals surface area contributed by atoms with Crippen molar-refractivity contribution in [3.63, 3.8) is 0 Å². The number of carbonyl (C=O) groups excluding carboxylic acids is 2. The molecule has 1 N–H and O–H groups in total. The van der Waals surface area contributed by atoms with Crippen LogP contribution >= 0.6 is 0 Å². The molecule has 1 aliphatic heterocycles. The van der Waals surface area contributed by atoms with Gasteiger partial charge in [0.1, 0.15) is 11.5 Å². The summed E-state index contributed by atoms with van der Waals surface area (Å²) in [7, 11) is 0. The fourth-order valence-electron chi connectivity index (χ4n) is 3.98. The maximum absolute atomic E-state index is 14.1. The van der Waals surface area contributed by atoms with Crippen molar-refractivity contribution in [1.29, 1.82) is 0 Å². The van der Waals surface area contributed by atoms with Crippen LogP contribution in [-0.2, 0) is 0 Å². The predicted molar refractivity (Wildman–Crippen MR) is 110 cm³/mol. The molecule has 7 heteroatoms. The van der Waals surface area contributed by atoms with E-state index in [-0.39, 0.29) is 11.5 Å². The van der Waals surface area contributed by atoms with E-state index in [0.29, 0.717) is 28.2 Å². The molecule has 1 atom stereocenters. The Morgan fingerprint density at radius 2 is 1.74 bits per heavy atom. The van der Waals surface area contributed by atoms with Crippen LogP contribution in [0.5, 0.6) is 0 Å². The zero-order valence-electron chi connectivity index (χ0n) is 16.1. The van der Waals surface area contributed by atoms with E-state index in [2.05, 4.69) is 10.2 Å². The summed E-state index contributed by atoms with van der Waals surface area (Å²) in [6, 6.07) is 20.7. The van der Waals surface area contributed by atoms with E-state index in [1.165, 1.54) is 41.3 Å². The number of amides is 1. The maximum atomic E-state index is 14.1. The number of aromatic carboxylic acids is 1. The van der Waals surface area contributed by atoms with Gasteiger partial charge < -0.3 is 9.90 Å². The first-order valence-electron chi connectivity index (χ1n) is 9.58. The van der Waals surface area contributed by atoms with Crippen LogP contribution in [0.4, 0.5) is 10.1 Å². The second-order valence-corrected chi connectivity index (χ2v) is 7.19. The summed E-state index contributed by atoms with van der Waals surface area (Å²) in [4.78, 5) is 26.0. The summed E-state index contributed by atoms with van der Waals surface area (Å²) in [5.41, 5.74) is 3.45. The molecular formula is C24H15FN3O3-. The van der Waals surface area contributed by atoms with E-state index >= 15 is 0 Å². The van der Waals surface area contributed by atoms with E-state index in [1.807, 2.05) is 30.3 Å². The van der Waals surface area contributed by atoms with E-state index < -0.39 is 17.8 Å². The number of aromatic nitrogens is 2. The van der Waals surface area contributed by atoms with Crippen molar-refractivity contribution in [1.82, 2.24) is 10.2 Å². The molecule has 0 spiro atoms. The monoisotopic (exact) mass is 412 g/mol. The minimum absolute atomic E-state index is 0.00265. The molecule has 3 aromatic carbocycles. The number of nitrogens with one attached hydrogen (secondary N) is 1. The fraction of sp³-hybridized carbons (Fsp3) is 0.0417. The van der Waals surface area contributed by atoms with Crippen LogP contribution in [0, 0.1) is 5.82 Å². The van der Waals surface area contributed by atoms with Gasteiger partial charge in [-0.1, -0.05) is 54.6 Å². The number of nitrogens with zero attached hydrogens (tertiary/aromatic N) is 2. The molecule has 0 bridgehead atoms. The van der Waals surface area contributed by atoms with Crippen molar-refractivity contribution < 1.29 is 19.1 Å². The number of H-pyrrole nitrogens is 1. The molecule has 4 aromatic rings. The van der Waals surface area contributed by atoms with Crippen molar-refractivity contribution in [3.8, 4) is 11.3 Å². The van der Waals surface area contributed by atoms with Gasteiger partial charge in [0.2, 0.25) is 0 Å². The first kappa shape index (κ1) is 18.7. The van der Waals surface area contributed by atoms with Gasteiger partial charge in [-0.15, -0.1) is 0 Å². The maximum Gasteiger partial charge on any atom is 0.277 e. The third-order valence-electron chi connectivity index (χ3n) is 5.36. The molecule has 0 fully saturated rings. The van der Waals surface area contributed by atoms with Crippen molar-refractivity contribution >= 4 is 17.6 Å². The van der Waals surface area contributed by atoms with E-state index in [9.17, 15) is 19.1 Å². The summed E-state index contributed by atoms with van der Waals surface area (Å²) in [6.07, 6.45) is 0. The summed E-state index contributed by atoms with van der Waals surface area (Å²) >= 11 is 0. The standard InChI is InChI=1S/C24H16FN3O3/c25-17-8-4-7-16(13-17)22-19-20(14-5-2-1-3-6-14)26-27-21(19)23(29)28(22)18-11-9-15(10-12-18)24(30)31/h1-13,22H,(H,26,27)(H,30,31)/p-1/t22-/m1/s1. The third-order valence-corrected chi connectivity index (χ3v) is 5.36. The van der Waals surface area contributed by atoms with Crippen LogP contribution in [0.1, 0.15) is 38.0 Å². The number of fused-ring (bicyclic) bond motifs is 1. The Labute approximate surface area is 176 Å². The van der Waals surface area contributed by atoms with Crippen molar-refractivity contribution in [2.75, 3.05) is 4.90 Å². The lowest BCUT2D eigenvalue weighted by molar-refractivity contribution is -0.255.